The fraction of sp³-hybridized carbons (Fsp3) is 0.533. The van der Waals surface area contributed by atoms with Crippen LogP contribution in [0.5, 0.6) is 5.75 Å². The Labute approximate surface area is 114 Å². The summed E-state index contributed by atoms with van der Waals surface area (Å²) in [5.41, 5.74) is 1.09. The first-order chi connectivity index (χ1) is 9.28. The minimum atomic E-state index is 0.129. The molecule has 2 rings (SSSR count). The van der Waals surface area contributed by atoms with Crippen LogP contribution in [0.2, 0.25) is 0 Å². The van der Waals surface area contributed by atoms with E-state index in [1.54, 1.807) is 7.11 Å². The van der Waals surface area contributed by atoms with E-state index in [4.69, 9.17) is 4.74 Å². The largest absolute Gasteiger partial charge is 0.497 e. The third-order valence-electron chi connectivity index (χ3n) is 3.53. The molecule has 1 aliphatic rings. The maximum absolute atomic E-state index is 11.7. The van der Waals surface area contributed by atoms with Gasteiger partial charge in [0.2, 0.25) is 5.91 Å². The van der Waals surface area contributed by atoms with Crippen LogP contribution in [0, 0.1) is 0 Å². The Morgan fingerprint density at radius 3 is 2.84 bits per heavy atom. The van der Waals surface area contributed by atoms with E-state index in [9.17, 15) is 4.79 Å². The van der Waals surface area contributed by atoms with Gasteiger partial charge in [-0.2, -0.15) is 0 Å². The van der Waals surface area contributed by atoms with Crippen molar-refractivity contribution >= 4 is 5.91 Å². The number of benzene rings is 1. The Kier molecular flexibility index (Phi) is 5.21. The highest BCUT2D eigenvalue weighted by Crippen LogP contribution is 2.12. The molecule has 0 aliphatic carbocycles. The molecule has 1 fully saturated rings. The Morgan fingerprint density at radius 2 is 2.21 bits per heavy atom. The van der Waals surface area contributed by atoms with Gasteiger partial charge in [0.05, 0.1) is 7.11 Å². The second kappa shape index (κ2) is 7.14. The first-order valence-corrected chi connectivity index (χ1v) is 6.91. The summed E-state index contributed by atoms with van der Waals surface area (Å²) >= 11 is 0. The van der Waals surface area contributed by atoms with Gasteiger partial charge in [0.25, 0.3) is 0 Å². The van der Waals surface area contributed by atoms with Gasteiger partial charge < -0.3 is 15.4 Å². The maximum Gasteiger partial charge on any atom is 0.220 e. The minimum Gasteiger partial charge on any atom is -0.497 e. The lowest BCUT2D eigenvalue weighted by molar-refractivity contribution is -0.121. The van der Waals surface area contributed by atoms with Gasteiger partial charge in [-0.15, -0.1) is 0 Å². The summed E-state index contributed by atoms with van der Waals surface area (Å²) in [7, 11) is 1.65. The van der Waals surface area contributed by atoms with Crippen molar-refractivity contribution in [3.05, 3.63) is 29.8 Å². The van der Waals surface area contributed by atoms with Crippen LogP contribution in [0.1, 0.15) is 31.2 Å². The molecule has 104 valence electrons. The average Bonchev–Trinajstić information content (AvgIpc) is 2.96. The lowest BCUT2D eigenvalue weighted by Crippen LogP contribution is -2.27. The Hall–Kier alpha value is -1.55. The molecule has 1 heterocycles. The number of hydrogen-bond donors (Lipinski definition) is 2. The van der Waals surface area contributed by atoms with Gasteiger partial charge in [-0.1, -0.05) is 12.1 Å². The zero-order valence-electron chi connectivity index (χ0n) is 11.4. The molecule has 0 aromatic heterocycles. The molecule has 4 nitrogen and oxygen atoms in total. The SMILES string of the molecule is COc1ccc(CNC(=O)CCC2CCCN2)cc1. The standard InChI is InChI=1S/C15H22N2O2/c1-19-14-7-4-12(5-8-14)11-17-15(18)9-6-13-3-2-10-16-13/h4-5,7-8,13,16H,2-3,6,9-11H2,1H3,(H,17,18). The fourth-order valence-electron chi connectivity index (χ4n) is 2.34. The summed E-state index contributed by atoms with van der Waals surface area (Å²) in [4.78, 5) is 11.7. The Morgan fingerprint density at radius 1 is 1.42 bits per heavy atom. The van der Waals surface area contributed by atoms with Crippen molar-refractivity contribution < 1.29 is 9.53 Å². The van der Waals surface area contributed by atoms with Gasteiger partial charge in [-0.3, -0.25) is 4.79 Å². The summed E-state index contributed by atoms with van der Waals surface area (Å²) in [6, 6.07) is 8.29. The molecule has 0 bridgehead atoms. The third kappa shape index (κ3) is 4.56. The lowest BCUT2D eigenvalue weighted by Gasteiger charge is -2.10. The molecule has 19 heavy (non-hydrogen) atoms. The van der Waals surface area contributed by atoms with Crippen LogP contribution < -0.4 is 15.4 Å². The Bertz CT molecular complexity index is 397. The lowest BCUT2D eigenvalue weighted by atomic mass is 10.1. The third-order valence-corrected chi connectivity index (χ3v) is 3.53. The van der Waals surface area contributed by atoms with E-state index < -0.39 is 0 Å². The number of ether oxygens (including phenoxy) is 1. The van der Waals surface area contributed by atoms with Crippen LogP contribution in [-0.4, -0.2) is 25.6 Å². The van der Waals surface area contributed by atoms with Crippen molar-refractivity contribution in [3.63, 3.8) is 0 Å². The molecule has 2 N–H and O–H groups in total. The van der Waals surface area contributed by atoms with Gasteiger partial charge in [-0.25, -0.2) is 0 Å². The number of rotatable bonds is 6. The quantitative estimate of drug-likeness (QED) is 0.822. The number of amides is 1. The first kappa shape index (κ1) is 13.9. The number of carbonyl (C=O) groups excluding carboxylic acids is 1. The van der Waals surface area contributed by atoms with Gasteiger partial charge >= 0.3 is 0 Å². The normalized spacial score (nSPS) is 18.3. The molecular formula is C15H22N2O2. The smallest absolute Gasteiger partial charge is 0.220 e. The van der Waals surface area contributed by atoms with E-state index >= 15 is 0 Å². The first-order valence-electron chi connectivity index (χ1n) is 6.91. The summed E-state index contributed by atoms with van der Waals surface area (Å²) in [5.74, 6) is 0.965. The number of nitrogens with one attached hydrogen (secondary N) is 2. The topological polar surface area (TPSA) is 50.4 Å². The zero-order valence-corrected chi connectivity index (χ0v) is 11.4. The maximum atomic E-state index is 11.7. The molecule has 1 aliphatic heterocycles. The van der Waals surface area contributed by atoms with Crippen molar-refractivity contribution in [2.45, 2.75) is 38.3 Å². The average molecular weight is 262 g/mol. The highest BCUT2D eigenvalue weighted by atomic mass is 16.5. The van der Waals surface area contributed by atoms with Gasteiger partial charge in [0.1, 0.15) is 5.75 Å². The van der Waals surface area contributed by atoms with Crippen LogP contribution in [-0.2, 0) is 11.3 Å². The van der Waals surface area contributed by atoms with E-state index in [-0.39, 0.29) is 5.91 Å². The molecule has 1 aromatic carbocycles. The monoisotopic (exact) mass is 262 g/mol. The van der Waals surface area contributed by atoms with E-state index in [1.165, 1.54) is 12.8 Å². The predicted molar refractivity (Wildman–Crippen MR) is 75.1 cm³/mol. The van der Waals surface area contributed by atoms with E-state index in [1.807, 2.05) is 24.3 Å². The van der Waals surface area contributed by atoms with Crippen molar-refractivity contribution in [1.82, 2.24) is 10.6 Å². The summed E-state index contributed by atoms with van der Waals surface area (Å²) in [5, 5.41) is 6.36. The van der Waals surface area contributed by atoms with Crippen molar-refractivity contribution in [3.8, 4) is 5.75 Å². The van der Waals surface area contributed by atoms with E-state index in [2.05, 4.69) is 10.6 Å². The fourth-order valence-corrected chi connectivity index (χ4v) is 2.34. The van der Waals surface area contributed by atoms with Gasteiger partial charge in [0, 0.05) is 19.0 Å². The molecule has 1 unspecified atom stereocenters. The van der Waals surface area contributed by atoms with E-state index in [0.29, 0.717) is 19.0 Å². The molecule has 4 heteroatoms. The molecule has 0 spiro atoms. The molecule has 1 amide bonds. The number of hydrogen-bond acceptors (Lipinski definition) is 3. The van der Waals surface area contributed by atoms with E-state index in [0.717, 1.165) is 24.3 Å². The summed E-state index contributed by atoms with van der Waals surface area (Å²) in [6.45, 7) is 1.68. The second-order valence-corrected chi connectivity index (χ2v) is 4.96. The summed E-state index contributed by atoms with van der Waals surface area (Å²) in [6.07, 6.45) is 3.98. The molecular weight excluding hydrogens is 240 g/mol. The van der Waals surface area contributed by atoms with Crippen LogP contribution >= 0.6 is 0 Å². The number of methoxy groups -OCH3 is 1. The highest BCUT2D eigenvalue weighted by molar-refractivity contribution is 5.75. The summed E-state index contributed by atoms with van der Waals surface area (Å²) < 4.78 is 5.10. The second-order valence-electron chi connectivity index (χ2n) is 4.96. The molecule has 0 saturated carbocycles. The highest BCUT2D eigenvalue weighted by Gasteiger charge is 2.14. The van der Waals surface area contributed by atoms with Crippen LogP contribution in [0.15, 0.2) is 24.3 Å². The van der Waals surface area contributed by atoms with Crippen LogP contribution in [0.25, 0.3) is 0 Å². The van der Waals surface area contributed by atoms with Crippen LogP contribution in [0.3, 0.4) is 0 Å². The molecule has 1 saturated heterocycles. The molecule has 1 aromatic rings. The minimum absolute atomic E-state index is 0.129. The zero-order chi connectivity index (χ0) is 13.5. The van der Waals surface area contributed by atoms with Crippen molar-refractivity contribution in [2.75, 3.05) is 13.7 Å². The molecule has 1 atom stereocenters. The molecule has 0 radical (unpaired) electrons. The van der Waals surface area contributed by atoms with Crippen LogP contribution in [0.4, 0.5) is 0 Å². The predicted octanol–water partition coefficient (Wildman–Crippen LogP) is 1.84. The van der Waals surface area contributed by atoms with Crippen molar-refractivity contribution in [1.29, 1.82) is 0 Å². The van der Waals surface area contributed by atoms with Crippen molar-refractivity contribution in [2.24, 2.45) is 0 Å². The van der Waals surface area contributed by atoms with Gasteiger partial charge in [0.15, 0.2) is 0 Å². The Balaban J connectivity index is 1.67. The van der Waals surface area contributed by atoms with Gasteiger partial charge in [-0.05, 0) is 43.5 Å². The number of carbonyl (C=O) groups is 1.